The van der Waals surface area contributed by atoms with Crippen LogP contribution >= 0.6 is 0 Å². The van der Waals surface area contributed by atoms with Gasteiger partial charge in [0.25, 0.3) is 0 Å². The van der Waals surface area contributed by atoms with Gasteiger partial charge in [0.15, 0.2) is 0 Å². The third kappa shape index (κ3) is 2.60. The molecule has 2 bridgehead atoms. The van der Waals surface area contributed by atoms with E-state index in [4.69, 9.17) is 4.74 Å². The predicted octanol–water partition coefficient (Wildman–Crippen LogP) is 2.83. The molecule has 0 radical (unpaired) electrons. The molecule has 0 aromatic rings. The molecule has 20 heavy (non-hydrogen) atoms. The smallest absolute Gasteiger partial charge is 0.407 e. The lowest BCUT2D eigenvalue weighted by molar-refractivity contribution is -0.120. The number of nitrogens with one attached hydrogen (secondary N) is 1. The molecule has 3 unspecified atom stereocenters. The molecule has 3 rings (SSSR count). The fraction of sp³-hybridized carbons (Fsp3) is 0.750. The maximum atomic E-state index is 11.8. The summed E-state index contributed by atoms with van der Waals surface area (Å²) < 4.78 is 5.45. The SMILES string of the molecule is CC(=O)CC1(COC(=O)NC2CCC2)CC2C=CC1C2. The number of amides is 1. The number of hydrogen-bond donors (Lipinski definition) is 1. The molecule has 3 aliphatic rings. The largest absolute Gasteiger partial charge is 0.449 e. The summed E-state index contributed by atoms with van der Waals surface area (Å²) in [5.74, 6) is 1.15. The molecular formula is C16H23NO3. The highest BCUT2D eigenvalue weighted by Crippen LogP contribution is 2.54. The van der Waals surface area contributed by atoms with E-state index in [0.29, 0.717) is 30.9 Å². The number of hydrogen-bond acceptors (Lipinski definition) is 3. The zero-order valence-electron chi connectivity index (χ0n) is 12.1. The topological polar surface area (TPSA) is 55.4 Å². The van der Waals surface area contributed by atoms with Crippen LogP contribution in [0.1, 0.15) is 45.4 Å². The first-order chi connectivity index (χ1) is 9.57. The normalized spacial score (nSPS) is 34.9. The maximum Gasteiger partial charge on any atom is 0.407 e. The van der Waals surface area contributed by atoms with Gasteiger partial charge in [0.2, 0.25) is 0 Å². The summed E-state index contributed by atoms with van der Waals surface area (Å²) in [5, 5.41) is 2.89. The summed E-state index contributed by atoms with van der Waals surface area (Å²) in [4.78, 5) is 23.4. The molecule has 2 fully saturated rings. The third-order valence-corrected chi connectivity index (χ3v) is 5.15. The molecule has 0 aromatic carbocycles. The third-order valence-electron chi connectivity index (χ3n) is 5.15. The molecule has 0 heterocycles. The number of ether oxygens (including phenoxy) is 1. The van der Waals surface area contributed by atoms with E-state index in [2.05, 4.69) is 17.5 Å². The van der Waals surface area contributed by atoms with Crippen LogP contribution in [0.5, 0.6) is 0 Å². The molecule has 1 N–H and O–H groups in total. The second-order valence-electron chi connectivity index (χ2n) is 6.78. The van der Waals surface area contributed by atoms with Crippen molar-refractivity contribution in [2.75, 3.05) is 6.61 Å². The summed E-state index contributed by atoms with van der Waals surface area (Å²) in [6.07, 6.45) is 10.1. The summed E-state index contributed by atoms with van der Waals surface area (Å²) in [6.45, 7) is 2.00. The van der Waals surface area contributed by atoms with E-state index in [9.17, 15) is 9.59 Å². The summed E-state index contributed by atoms with van der Waals surface area (Å²) in [5.41, 5.74) is -0.151. The first-order valence-corrected chi connectivity index (χ1v) is 7.68. The summed E-state index contributed by atoms with van der Waals surface area (Å²) in [7, 11) is 0. The van der Waals surface area contributed by atoms with Gasteiger partial charge in [-0.3, -0.25) is 0 Å². The van der Waals surface area contributed by atoms with E-state index in [1.165, 1.54) is 6.42 Å². The molecular weight excluding hydrogens is 254 g/mol. The molecule has 3 atom stereocenters. The van der Waals surface area contributed by atoms with Gasteiger partial charge < -0.3 is 14.8 Å². The van der Waals surface area contributed by atoms with Crippen LogP contribution < -0.4 is 5.32 Å². The first-order valence-electron chi connectivity index (χ1n) is 7.68. The van der Waals surface area contributed by atoms with Crippen LogP contribution in [0.15, 0.2) is 12.2 Å². The number of Topliss-reactive ketones (excluding diaryl/α,β-unsaturated/α-hetero) is 1. The minimum absolute atomic E-state index is 0.151. The number of alkyl carbamates (subject to hydrolysis) is 1. The molecule has 3 aliphatic carbocycles. The first kappa shape index (κ1) is 13.7. The Balaban J connectivity index is 1.58. The number of carbonyl (C=O) groups is 2. The van der Waals surface area contributed by atoms with E-state index in [0.717, 1.165) is 25.7 Å². The highest BCUT2D eigenvalue weighted by atomic mass is 16.5. The van der Waals surface area contributed by atoms with Crippen LogP contribution in [0.3, 0.4) is 0 Å². The summed E-state index contributed by atoms with van der Waals surface area (Å²) in [6, 6.07) is 0.297. The molecule has 0 saturated heterocycles. The van der Waals surface area contributed by atoms with Crippen LogP contribution in [-0.2, 0) is 9.53 Å². The van der Waals surface area contributed by atoms with Gasteiger partial charge in [-0.05, 0) is 50.9 Å². The van der Waals surface area contributed by atoms with Gasteiger partial charge in [0, 0.05) is 17.9 Å². The van der Waals surface area contributed by atoms with Crippen LogP contribution in [-0.4, -0.2) is 24.5 Å². The Kier molecular flexibility index (Phi) is 3.57. The van der Waals surface area contributed by atoms with Crippen molar-refractivity contribution < 1.29 is 14.3 Å². The van der Waals surface area contributed by atoms with E-state index in [1.54, 1.807) is 6.92 Å². The standard InChI is InChI=1S/C16H23NO3/c1-11(18)8-16(9-12-5-6-13(16)7-12)10-20-15(19)17-14-3-2-4-14/h5-6,12-14H,2-4,7-10H2,1H3,(H,17,19). The van der Waals surface area contributed by atoms with Crippen molar-refractivity contribution in [2.24, 2.45) is 17.3 Å². The Morgan fingerprint density at radius 2 is 2.15 bits per heavy atom. The van der Waals surface area contributed by atoms with Gasteiger partial charge in [-0.15, -0.1) is 0 Å². The van der Waals surface area contributed by atoms with Crippen LogP contribution in [0.4, 0.5) is 4.79 Å². The zero-order valence-corrected chi connectivity index (χ0v) is 12.1. The van der Waals surface area contributed by atoms with E-state index < -0.39 is 0 Å². The zero-order chi connectivity index (χ0) is 14.2. The average Bonchev–Trinajstić information content (AvgIpc) is 2.91. The lowest BCUT2D eigenvalue weighted by Gasteiger charge is -2.34. The fourth-order valence-electron chi connectivity index (χ4n) is 3.94. The number of rotatable bonds is 5. The number of ketones is 1. The Morgan fingerprint density at radius 1 is 1.35 bits per heavy atom. The Morgan fingerprint density at radius 3 is 2.65 bits per heavy atom. The number of allylic oxidation sites excluding steroid dienone is 2. The van der Waals surface area contributed by atoms with Crippen LogP contribution in [0, 0.1) is 17.3 Å². The lowest BCUT2D eigenvalue weighted by atomic mass is 9.73. The molecule has 0 aromatic heterocycles. The molecule has 4 nitrogen and oxygen atoms in total. The predicted molar refractivity (Wildman–Crippen MR) is 75.2 cm³/mol. The lowest BCUT2D eigenvalue weighted by Crippen LogP contribution is -2.42. The second kappa shape index (κ2) is 5.23. The number of fused-ring (bicyclic) bond motifs is 2. The molecule has 1 amide bonds. The Labute approximate surface area is 119 Å². The number of carbonyl (C=O) groups excluding carboxylic acids is 2. The highest BCUT2D eigenvalue weighted by molar-refractivity contribution is 5.76. The van der Waals surface area contributed by atoms with Crippen molar-refractivity contribution >= 4 is 11.9 Å². The Hall–Kier alpha value is -1.32. The molecule has 0 aliphatic heterocycles. The van der Waals surface area contributed by atoms with E-state index >= 15 is 0 Å². The van der Waals surface area contributed by atoms with Gasteiger partial charge in [-0.1, -0.05) is 12.2 Å². The quantitative estimate of drug-likeness (QED) is 0.786. The fourth-order valence-corrected chi connectivity index (χ4v) is 3.94. The van der Waals surface area contributed by atoms with Gasteiger partial charge in [0.05, 0.1) is 6.61 Å². The minimum Gasteiger partial charge on any atom is -0.449 e. The van der Waals surface area contributed by atoms with Crippen LogP contribution in [0.25, 0.3) is 0 Å². The van der Waals surface area contributed by atoms with Crippen molar-refractivity contribution in [3.05, 3.63) is 12.2 Å². The maximum absolute atomic E-state index is 11.8. The molecule has 4 heteroatoms. The van der Waals surface area contributed by atoms with Crippen molar-refractivity contribution in [3.63, 3.8) is 0 Å². The summed E-state index contributed by atoms with van der Waals surface area (Å²) >= 11 is 0. The monoisotopic (exact) mass is 277 g/mol. The van der Waals surface area contributed by atoms with E-state index in [-0.39, 0.29) is 17.3 Å². The van der Waals surface area contributed by atoms with Crippen molar-refractivity contribution in [1.29, 1.82) is 0 Å². The van der Waals surface area contributed by atoms with Crippen molar-refractivity contribution in [1.82, 2.24) is 5.32 Å². The Bertz CT molecular complexity index is 441. The van der Waals surface area contributed by atoms with Gasteiger partial charge in [-0.2, -0.15) is 0 Å². The van der Waals surface area contributed by atoms with Crippen molar-refractivity contribution in [3.8, 4) is 0 Å². The second-order valence-corrected chi connectivity index (χ2v) is 6.78. The average molecular weight is 277 g/mol. The molecule has 0 spiro atoms. The minimum atomic E-state index is -0.315. The van der Waals surface area contributed by atoms with Gasteiger partial charge in [0.1, 0.15) is 5.78 Å². The molecule has 110 valence electrons. The van der Waals surface area contributed by atoms with Crippen LogP contribution in [0.2, 0.25) is 0 Å². The van der Waals surface area contributed by atoms with E-state index in [1.807, 2.05) is 0 Å². The van der Waals surface area contributed by atoms with Crippen molar-refractivity contribution in [2.45, 2.75) is 51.5 Å². The van der Waals surface area contributed by atoms with Gasteiger partial charge >= 0.3 is 6.09 Å². The van der Waals surface area contributed by atoms with Gasteiger partial charge in [-0.25, -0.2) is 4.79 Å². The highest BCUT2D eigenvalue weighted by Gasteiger charge is 2.49. The molecule has 2 saturated carbocycles.